The molecule has 0 bridgehead atoms. The lowest BCUT2D eigenvalue weighted by atomic mass is 10.1. The molecule has 1 aliphatic carbocycles. The molecule has 0 aliphatic heterocycles. The summed E-state index contributed by atoms with van der Waals surface area (Å²) in [5.74, 6) is -0.236. The average Bonchev–Trinajstić information content (AvgIpc) is 3.23. The number of hydrogen-bond donors (Lipinski definition) is 1. The molecule has 0 unspecified atom stereocenters. The van der Waals surface area contributed by atoms with Crippen LogP contribution in [0.5, 0.6) is 0 Å². The first-order chi connectivity index (χ1) is 8.83. The number of rotatable bonds is 4. The summed E-state index contributed by atoms with van der Waals surface area (Å²) in [6, 6.07) is 5.84. The lowest BCUT2D eigenvalue weighted by Crippen LogP contribution is -2.15. The largest absolute Gasteiger partial charge is 0.310 e. The van der Waals surface area contributed by atoms with Crippen LogP contribution in [-0.4, -0.2) is 16.0 Å². The maximum absolute atomic E-state index is 13.8. The zero-order chi connectivity index (χ0) is 12.4. The van der Waals surface area contributed by atoms with Crippen molar-refractivity contribution in [2.24, 2.45) is 0 Å². The minimum Gasteiger partial charge on any atom is -0.310 e. The van der Waals surface area contributed by atoms with Crippen LogP contribution >= 0.6 is 0 Å². The molecule has 1 fully saturated rings. The fourth-order valence-corrected chi connectivity index (χ4v) is 1.89. The third kappa shape index (κ3) is 2.54. The van der Waals surface area contributed by atoms with Crippen LogP contribution in [0.4, 0.5) is 4.39 Å². The quantitative estimate of drug-likeness (QED) is 0.896. The first kappa shape index (κ1) is 11.3. The van der Waals surface area contributed by atoms with Gasteiger partial charge in [0.15, 0.2) is 0 Å². The van der Waals surface area contributed by atoms with Crippen molar-refractivity contribution in [1.29, 1.82) is 0 Å². The summed E-state index contributed by atoms with van der Waals surface area (Å²) >= 11 is 0. The summed E-state index contributed by atoms with van der Waals surface area (Å²) in [4.78, 5) is 7.85. The van der Waals surface area contributed by atoms with Gasteiger partial charge in [-0.25, -0.2) is 14.4 Å². The highest BCUT2D eigenvalue weighted by molar-refractivity contribution is 5.63. The van der Waals surface area contributed by atoms with Crippen LogP contribution in [0.3, 0.4) is 0 Å². The molecule has 1 saturated carbocycles. The first-order valence-corrected chi connectivity index (χ1v) is 6.10. The van der Waals surface area contributed by atoms with E-state index in [-0.39, 0.29) is 5.82 Å². The molecule has 18 heavy (non-hydrogen) atoms. The first-order valence-electron chi connectivity index (χ1n) is 6.10. The van der Waals surface area contributed by atoms with E-state index in [2.05, 4.69) is 15.3 Å². The van der Waals surface area contributed by atoms with E-state index >= 15 is 0 Å². The molecule has 1 N–H and O–H groups in total. The van der Waals surface area contributed by atoms with Gasteiger partial charge in [0.2, 0.25) is 0 Å². The van der Waals surface area contributed by atoms with Crippen LogP contribution in [0.15, 0.2) is 36.9 Å². The van der Waals surface area contributed by atoms with Crippen LogP contribution < -0.4 is 5.32 Å². The van der Waals surface area contributed by atoms with Crippen LogP contribution in [0, 0.1) is 5.82 Å². The average molecular weight is 243 g/mol. The molecule has 1 aliphatic rings. The van der Waals surface area contributed by atoms with E-state index in [1.807, 2.05) is 12.1 Å². The van der Waals surface area contributed by atoms with E-state index in [4.69, 9.17) is 0 Å². The molecule has 0 spiro atoms. The lowest BCUT2D eigenvalue weighted by molar-refractivity contribution is 0.628. The van der Waals surface area contributed by atoms with E-state index in [1.54, 1.807) is 12.4 Å². The summed E-state index contributed by atoms with van der Waals surface area (Å²) < 4.78 is 13.8. The zero-order valence-electron chi connectivity index (χ0n) is 9.94. The second-order valence-corrected chi connectivity index (χ2v) is 4.60. The van der Waals surface area contributed by atoms with Gasteiger partial charge in [0.1, 0.15) is 12.1 Å². The maximum atomic E-state index is 13.8. The summed E-state index contributed by atoms with van der Waals surface area (Å²) in [6.45, 7) is 0.783. The zero-order valence-corrected chi connectivity index (χ0v) is 9.94. The monoisotopic (exact) mass is 243 g/mol. The third-order valence-electron chi connectivity index (χ3n) is 3.07. The normalized spacial score (nSPS) is 14.7. The Kier molecular flexibility index (Phi) is 3.02. The molecule has 0 saturated heterocycles. The summed E-state index contributed by atoms with van der Waals surface area (Å²) in [7, 11) is 0. The minimum atomic E-state index is -0.236. The number of hydrogen-bond acceptors (Lipinski definition) is 3. The van der Waals surface area contributed by atoms with Crippen molar-refractivity contribution < 1.29 is 4.39 Å². The highest BCUT2D eigenvalue weighted by atomic mass is 19.1. The molecule has 0 atom stereocenters. The Labute approximate surface area is 105 Å². The topological polar surface area (TPSA) is 37.8 Å². The Bertz CT molecular complexity index is 538. The Hall–Kier alpha value is -1.81. The van der Waals surface area contributed by atoms with E-state index in [1.165, 1.54) is 25.2 Å². The van der Waals surface area contributed by atoms with Crippen LogP contribution in [-0.2, 0) is 6.54 Å². The molecule has 2 aromatic rings. The van der Waals surface area contributed by atoms with E-state index in [0.29, 0.717) is 17.2 Å². The molecule has 3 rings (SSSR count). The minimum absolute atomic E-state index is 0.236. The molecule has 1 aromatic heterocycles. The predicted molar refractivity (Wildman–Crippen MR) is 67.3 cm³/mol. The fourth-order valence-electron chi connectivity index (χ4n) is 1.89. The van der Waals surface area contributed by atoms with Gasteiger partial charge >= 0.3 is 0 Å². The second kappa shape index (κ2) is 4.82. The van der Waals surface area contributed by atoms with Gasteiger partial charge in [-0.2, -0.15) is 0 Å². The lowest BCUT2D eigenvalue weighted by Gasteiger charge is -2.07. The number of aromatic nitrogens is 2. The van der Waals surface area contributed by atoms with Crippen LogP contribution in [0.2, 0.25) is 0 Å². The maximum Gasteiger partial charge on any atom is 0.131 e. The Morgan fingerprint density at radius 2 is 2.00 bits per heavy atom. The predicted octanol–water partition coefficient (Wildman–Crippen LogP) is 2.53. The third-order valence-corrected chi connectivity index (χ3v) is 3.07. The van der Waals surface area contributed by atoms with Gasteiger partial charge in [0.05, 0.1) is 0 Å². The highest BCUT2D eigenvalue weighted by Gasteiger charge is 2.20. The summed E-state index contributed by atoms with van der Waals surface area (Å²) in [5, 5.41) is 3.42. The SMILES string of the molecule is Fc1ccc(CNC2CC2)cc1-c1cncnc1. The van der Waals surface area contributed by atoms with Gasteiger partial charge < -0.3 is 5.32 Å². The molecule has 3 nitrogen and oxygen atoms in total. The van der Waals surface area contributed by atoms with Gasteiger partial charge in [0, 0.05) is 36.1 Å². The van der Waals surface area contributed by atoms with Gasteiger partial charge in [-0.15, -0.1) is 0 Å². The van der Waals surface area contributed by atoms with E-state index < -0.39 is 0 Å². The number of halogens is 1. The van der Waals surface area contributed by atoms with Gasteiger partial charge in [-0.1, -0.05) is 6.07 Å². The van der Waals surface area contributed by atoms with Gasteiger partial charge in [-0.3, -0.25) is 0 Å². The van der Waals surface area contributed by atoms with Crippen LogP contribution in [0.1, 0.15) is 18.4 Å². The second-order valence-electron chi connectivity index (χ2n) is 4.60. The highest BCUT2D eigenvalue weighted by Crippen LogP contribution is 2.24. The molecular weight excluding hydrogens is 229 g/mol. The van der Waals surface area contributed by atoms with Crippen molar-refractivity contribution in [3.8, 4) is 11.1 Å². The number of benzene rings is 1. The van der Waals surface area contributed by atoms with Crippen molar-refractivity contribution in [2.45, 2.75) is 25.4 Å². The van der Waals surface area contributed by atoms with Crippen molar-refractivity contribution in [3.63, 3.8) is 0 Å². The summed E-state index contributed by atoms with van der Waals surface area (Å²) in [6.07, 6.45) is 7.20. The molecule has 0 amide bonds. The molecule has 4 heteroatoms. The van der Waals surface area contributed by atoms with Crippen molar-refractivity contribution in [2.75, 3.05) is 0 Å². The Balaban J connectivity index is 1.85. The number of nitrogens with zero attached hydrogens (tertiary/aromatic N) is 2. The molecule has 1 aromatic carbocycles. The van der Waals surface area contributed by atoms with E-state index in [0.717, 1.165) is 12.1 Å². The van der Waals surface area contributed by atoms with Crippen molar-refractivity contribution >= 4 is 0 Å². The smallest absolute Gasteiger partial charge is 0.131 e. The fraction of sp³-hybridized carbons (Fsp3) is 0.286. The molecular formula is C14H14FN3. The Morgan fingerprint density at radius 1 is 1.22 bits per heavy atom. The van der Waals surface area contributed by atoms with Crippen molar-refractivity contribution in [1.82, 2.24) is 15.3 Å². The number of nitrogens with one attached hydrogen (secondary N) is 1. The molecule has 1 heterocycles. The van der Waals surface area contributed by atoms with Gasteiger partial charge in [-0.05, 0) is 30.5 Å². The molecule has 0 radical (unpaired) electrons. The van der Waals surface area contributed by atoms with E-state index in [9.17, 15) is 4.39 Å². The summed E-state index contributed by atoms with van der Waals surface area (Å²) in [5.41, 5.74) is 2.36. The standard InChI is InChI=1S/C14H14FN3/c15-14-4-1-10(6-18-12-2-3-12)5-13(14)11-7-16-9-17-8-11/h1,4-5,7-9,12,18H,2-3,6H2. The molecule has 92 valence electrons. The van der Waals surface area contributed by atoms with Gasteiger partial charge in [0.25, 0.3) is 0 Å². The Morgan fingerprint density at radius 3 is 2.72 bits per heavy atom. The van der Waals surface area contributed by atoms with Crippen molar-refractivity contribution in [3.05, 3.63) is 48.3 Å². The van der Waals surface area contributed by atoms with Crippen LogP contribution in [0.25, 0.3) is 11.1 Å².